The van der Waals surface area contributed by atoms with Crippen molar-refractivity contribution in [2.75, 3.05) is 50.6 Å². The van der Waals surface area contributed by atoms with E-state index in [1.54, 1.807) is 45.1 Å². The number of hydrogen-bond donors (Lipinski definition) is 3. The number of anilines is 1. The lowest BCUT2D eigenvalue weighted by Crippen LogP contribution is -2.45. The molecule has 4 unspecified atom stereocenters. The van der Waals surface area contributed by atoms with Gasteiger partial charge in [-0.05, 0) is 87.9 Å². The van der Waals surface area contributed by atoms with Crippen molar-refractivity contribution in [2.45, 2.75) is 102 Å². The van der Waals surface area contributed by atoms with Crippen LogP contribution in [0, 0.1) is 12.7 Å². The molecule has 2 aromatic carbocycles. The van der Waals surface area contributed by atoms with Gasteiger partial charge < -0.3 is 39.3 Å². The summed E-state index contributed by atoms with van der Waals surface area (Å²) >= 11 is 28.8. The number of benzene rings is 2. The number of carbonyl (C=O) groups is 4. The second kappa shape index (κ2) is 29.7. The smallest absolute Gasteiger partial charge is 0.355 e. The van der Waals surface area contributed by atoms with Crippen LogP contribution >= 0.6 is 65.4 Å². The molecule has 1 saturated heterocycles. The van der Waals surface area contributed by atoms with Gasteiger partial charge in [-0.2, -0.15) is 13.5 Å². The summed E-state index contributed by atoms with van der Waals surface area (Å²) in [7, 11) is -1.52. The summed E-state index contributed by atoms with van der Waals surface area (Å²) < 4.78 is 72.3. The highest BCUT2D eigenvalue weighted by Crippen LogP contribution is 2.37. The van der Waals surface area contributed by atoms with E-state index in [-0.39, 0.29) is 82.8 Å². The Balaban J connectivity index is 0.000000343. The van der Waals surface area contributed by atoms with Crippen molar-refractivity contribution >= 4 is 94.8 Å². The van der Waals surface area contributed by atoms with Gasteiger partial charge in [-0.3, -0.25) is 28.6 Å². The number of para-hydroxylation sites is 1. The summed E-state index contributed by atoms with van der Waals surface area (Å²) in [6.07, 6.45) is 2.92. The zero-order valence-corrected chi connectivity index (χ0v) is 45.3. The third-order valence-corrected chi connectivity index (χ3v) is 12.7. The zero-order chi connectivity index (χ0) is 54.8. The molecule has 402 valence electrons. The number of carboxylic acids is 1. The van der Waals surface area contributed by atoms with Gasteiger partial charge in [0.05, 0.1) is 25.1 Å². The Morgan fingerprint density at radius 3 is 2.12 bits per heavy atom. The van der Waals surface area contributed by atoms with Crippen LogP contribution in [-0.2, 0) is 57.2 Å². The molecule has 27 heteroatoms. The summed E-state index contributed by atoms with van der Waals surface area (Å²) in [6, 6.07) is 10.7. The molecule has 0 bridgehead atoms. The van der Waals surface area contributed by atoms with Crippen LogP contribution in [0.15, 0.2) is 57.9 Å². The molecule has 1 fully saturated rings. The van der Waals surface area contributed by atoms with Gasteiger partial charge in [0.15, 0.2) is 18.0 Å². The van der Waals surface area contributed by atoms with Gasteiger partial charge in [0.1, 0.15) is 53.1 Å². The lowest BCUT2D eigenvalue weighted by atomic mass is 10.0. The van der Waals surface area contributed by atoms with Crippen molar-refractivity contribution in [3.8, 4) is 5.69 Å². The number of nitrogens with zero attached hydrogens (tertiary/aromatic N) is 5. The fourth-order valence-electron chi connectivity index (χ4n) is 6.72. The molecule has 0 saturated carbocycles. The second-order valence-electron chi connectivity index (χ2n) is 16.0. The van der Waals surface area contributed by atoms with Gasteiger partial charge in [0, 0.05) is 31.4 Å². The van der Waals surface area contributed by atoms with Crippen molar-refractivity contribution in [1.82, 2.24) is 19.2 Å². The highest BCUT2D eigenvalue weighted by atomic mass is 35.5. The highest BCUT2D eigenvalue weighted by Gasteiger charge is 2.45. The number of nitrogens with two attached hydrogens (primary N) is 1. The summed E-state index contributed by atoms with van der Waals surface area (Å²) in [6.45, 7) is 9.35. The summed E-state index contributed by atoms with van der Waals surface area (Å²) in [5.41, 5.74) is 6.23. The lowest BCUT2D eigenvalue weighted by Gasteiger charge is -2.29. The predicted octanol–water partition coefficient (Wildman–Crippen LogP) is 8.64. The fourth-order valence-corrected chi connectivity index (χ4v) is 8.32. The lowest BCUT2D eigenvalue weighted by molar-refractivity contribution is -0.144. The van der Waals surface area contributed by atoms with E-state index in [2.05, 4.69) is 18.9 Å². The molecule has 5 rings (SSSR count). The molecule has 1 aliphatic heterocycles. The number of hydrogen-bond acceptors (Lipinski definition) is 12. The first-order valence-corrected chi connectivity index (χ1v) is 26.4. The third kappa shape index (κ3) is 18.7. The van der Waals surface area contributed by atoms with Crippen LogP contribution in [0.25, 0.3) is 5.69 Å². The molecule has 0 spiro atoms. The number of halogens is 8. The number of amides is 2. The van der Waals surface area contributed by atoms with Gasteiger partial charge in [-0.25, -0.2) is 13.8 Å². The molecular formula is C45H59Cl5F3N6O12P. The Labute approximate surface area is 439 Å². The van der Waals surface area contributed by atoms with Crippen molar-refractivity contribution in [1.29, 1.82) is 0 Å². The Morgan fingerprint density at radius 2 is 1.67 bits per heavy atom. The van der Waals surface area contributed by atoms with Crippen molar-refractivity contribution < 1.29 is 65.5 Å². The number of alkyl halides is 6. The number of ether oxygens (including phenoxy) is 3. The number of furan rings is 1. The van der Waals surface area contributed by atoms with E-state index in [4.69, 9.17) is 92.4 Å². The fraction of sp³-hybridized carbons (Fsp3) is 0.511. The van der Waals surface area contributed by atoms with Crippen LogP contribution in [0.2, 0.25) is 5.02 Å². The first kappa shape index (κ1) is 64.0. The SMILES string of the molecule is CC1(C)OC(c2ccco2)CN1C(=O)C(Cl)Cl.CCOC(=O)C(Cl)Cc1cc(-n2nc(C)n(C(F)F)c2=O)c(F)cc1Cl.CCc1cccc(CC)c1N(COC)C(=O)CCl.CP(=O)(O)CCC(N)C(=O)O. The number of carbonyl (C=O) groups excluding carboxylic acids is 3. The summed E-state index contributed by atoms with van der Waals surface area (Å²) in [5.74, 6) is -2.89. The molecule has 2 amide bonds. The van der Waals surface area contributed by atoms with Crippen LogP contribution in [0.1, 0.15) is 82.0 Å². The summed E-state index contributed by atoms with van der Waals surface area (Å²) in [4.78, 5) is 68.4. The Bertz CT molecular complexity index is 2510. The number of rotatable bonds is 18. The van der Waals surface area contributed by atoms with Gasteiger partial charge in [-0.1, -0.05) is 66.8 Å². The van der Waals surface area contributed by atoms with Gasteiger partial charge in [0.2, 0.25) is 5.91 Å². The molecule has 3 heterocycles. The molecule has 18 nitrogen and oxygen atoms in total. The minimum Gasteiger partial charge on any atom is -0.480 e. The monoisotopic (exact) mass is 1140 g/mol. The maximum absolute atomic E-state index is 14.2. The Morgan fingerprint density at radius 1 is 1.06 bits per heavy atom. The highest BCUT2D eigenvalue weighted by molar-refractivity contribution is 7.57. The number of carboxylic acid groups (broad SMARTS) is 1. The van der Waals surface area contributed by atoms with E-state index in [9.17, 15) is 41.7 Å². The summed E-state index contributed by atoms with van der Waals surface area (Å²) in [5, 5.41) is 10.8. The third-order valence-electron chi connectivity index (χ3n) is 10.3. The maximum atomic E-state index is 14.2. The van der Waals surface area contributed by atoms with Crippen molar-refractivity contribution in [3.05, 3.63) is 98.3 Å². The van der Waals surface area contributed by atoms with Crippen LogP contribution in [0.3, 0.4) is 0 Å². The van der Waals surface area contributed by atoms with Gasteiger partial charge in [0.25, 0.3) is 5.91 Å². The van der Waals surface area contributed by atoms with Gasteiger partial charge >= 0.3 is 24.2 Å². The van der Waals surface area contributed by atoms with E-state index in [1.807, 2.05) is 24.3 Å². The molecule has 2 aromatic heterocycles. The minimum absolute atomic E-state index is 0.0371. The van der Waals surface area contributed by atoms with E-state index in [0.717, 1.165) is 41.8 Å². The molecular weight excluding hydrogens is 1080 g/mol. The first-order chi connectivity index (χ1) is 33.6. The molecule has 4 aromatic rings. The number of esters is 1. The molecule has 0 aliphatic carbocycles. The second-order valence-corrected chi connectivity index (χ2v) is 20.9. The average molecular weight is 1140 g/mol. The van der Waals surface area contributed by atoms with Crippen LogP contribution in [0.5, 0.6) is 0 Å². The first-order valence-electron chi connectivity index (χ1n) is 21.9. The predicted molar refractivity (Wildman–Crippen MR) is 269 cm³/mol. The standard InChI is InChI=1S/C15H14Cl2F3N3O3.C14H20ClNO2.C11H13Cl2NO3.C5H12NO4P/c1-3-26-13(24)10(17)4-8-5-12(11(18)6-9(8)16)23-15(25)22(14(19)20)7(2)21-23;1-4-11-7-6-8-12(5-2)14(11)16(10-18-3)13(17)9-15;1-11(2)14(10(15)9(12)13)6-8(17-11)7-4-3-5-16-7;1-11(9,10)3-2-4(6)5(7)8/h5-6,10,14H,3-4H2,1-2H3;6-8H,4-5,9-10H2,1-3H3;3-5,8-9H,6H2,1-2H3;4H,2-3,6H2,1H3,(H,7,8)(H,9,10). The van der Waals surface area contributed by atoms with Crippen molar-refractivity contribution in [2.24, 2.45) is 5.73 Å². The van der Waals surface area contributed by atoms with E-state index in [1.165, 1.54) is 18.5 Å². The average Bonchev–Trinajstić information content (AvgIpc) is 4.04. The topological polar surface area (TPSA) is 239 Å². The Hall–Kier alpha value is -4.15. The molecule has 4 N–H and O–H groups in total. The van der Waals surface area contributed by atoms with Crippen LogP contribution < -0.4 is 16.3 Å². The molecule has 4 atom stereocenters. The molecule has 72 heavy (non-hydrogen) atoms. The largest absolute Gasteiger partial charge is 0.480 e. The molecule has 1 aliphatic rings. The van der Waals surface area contributed by atoms with Crippen LogP contribution in [0.4, 0.5) is 18.9 Å². The molecule has 0 radical (unpaired) electrons. The van der Waals surface area contributed by atoms with E-state index < -0.39 is 59.3 Å². The maximum Gasteiger partial charge on any atom is 0.355 e. The van der Waals surface area contributed by atoms with E-state index >= 15 is 0 Å². The van der Waals surface area contributed by atoms with Gasteiger partial charge in [-0.15, -0.1) is 28.3 Å². The Kier molecular flexibility index (Phi) is 26.4. The number of aliphatic carboxylic acids is 1. The zero-order valence-electron chi connectivity index (χ0n) is 40.6. The van der Waals surface area contributed by atoms with Crippen molar-refractivity contribution in [3.63, 3.8) is 0 Å². The number of aromatic nitrogens is 3. The number of aryl methyl sites for hydroxylation is 3. The normalized spacial score (nSPS) is 15.5. The number of methoxy groups -OCH3 is 1. The quantitative estimate of drug-likeness (QED) is 0.0366. The van der Waals surface area contributed by atoms with Crippen LogP contribution in [-0.4, -0.2) is 121 Å². The van der Waals surface area contributed by atoms with E-state index in [0.29, 0.717) is 17.0 Å². The minimum atomic E-state index is -3.12.